The van der Waals surface area contributed by atoms with Crippen LogP contribution < -0.4 is 19.6 Å². The van der Waals surface area contributed by atoms with Crippen LogP contribution in [-0.2, 0) is 11.4 Å². The third kappa shape index (κ3) is 4.97. The van der Waals surface area contributed by atoms with Crippen molar-refractivity contribution in [3.63, 3.8) is 0 Å². The smallest absolute Gasteiger partial charge is 0.284 e. The minimum absolute atomic E-state index is 0.144. The Morgan fingerprint density at radius 1 is 1.07 bits per heavy atom. The van der Waals surface area contributed by atoms with Crippen molar-refractivity contribution in [2.45, 2.75) is 19.6 Å². The Bertz CT molecular complexity index is 1030. The van der Waals surface area contributed by atoms with Gasteiger partial charge in [0.1, 0.15) is 19.0 Å². The van der Waals surface area contributed by atoms with Gasteiger partial charge in [0, 0.05) is 0 Å². The molecule has 3 aromatic rings. The number of rotatable bonds is 6. The van der Waals surface area contributed by atoms with Gasteiger partial charge in [0.25, 0.3) is 5.91 Å². The third-order valence-electron chi connectivity index (χ3n) is 4.60. The maximum atomic E-state index is 12.2. The molecule has 0 bridgehead atoms. The number of nitrogens with one attached hydrogen (secondary N) is 1. The molecule has 6 nitrogen and oxygen atoms in total. The summed E-state index contributed by atoms with van der Waals surface area (Å²) in [6, 6.07) is 23.0. The van der Waals surface area contributed by atoms with Gasteiger partial charge in [-0.2, -0.15) is 5.10 Å². The summed E-state index contributed by atoms with van der Waals surface area (Å²) in [7, 11) is 0. The largest absolute Gasteiger partial charge is 0.489 e. The Hall–Kier alpha value is -3.80. The standard InChI is InChI=1S/C24H22N2O4/c1-17-6-8-19(9-7-17)15-28-20-12-10-18(11-13-20)14-25-26-24(27)23-16-29-21-4-2-3-5-22(21)30-23/h2-14,23H,15-16H2,1H3,(H,26,27)/b25-14-/t23-/m0/s1. The number of hydrogen-bond donors (Lipinski definition) is 1. The van der Waals surface area contributed by atoms with Crippen molar-refractivity contribution in [1.29, 1.82) is 0 Å². The molecule has 152 valence electrons. The fourth-order valence-electron chi connectivity index (χ4n) is 2.89. The fraction of sp³-hybridized carbons (Fsp3) is 0.167. The highest BCUT2D eigenvalue weighted by molar-refractivity contribution is 5.85. The van der Waals surface area contributed by atoms with Crippen molar-refractivity contribution >= 4 is 12.1 Å². The molecule has 0 fully saturated rings. The molecule has 6 heteroatoms. The van der Waals surface area contributed by atoms with Crippen molar-refractivity contribution in [3.05, 3.63) is 89.5 Å². The first-order chi connectivity index (χ1) is 14.7. The lowest BCUT2D eigenvalue weighted by Gasteiger charge is -2.24. The van der Waals surface area contributed by atoms with Crippen molar-refractivity contribution in [1.82, 2.24) is 5.43 Å². The molecule has 1 N–H and O–H groups in total. The topological polar surface area (TPSA) is 69.2 Å². The summed E-state index contributed by atoms with van der Waals surface area (Å²) in [6.45, 7) is 2.71. The number of benzene rings is 3. The molecule has 3 aromatic carbocycles. The summed E-state index contributed by atoms with van der Waals surface area (Å²) in [5, 5.41) is 4.00. The zero-order valence-electron chi connectivity index (χ0n) is 16.6. The molecule has 1 aliphatic rings. The van der Waals surface area contributed by atoms with E-state index in [0.29, 0.717) is 18.1 Å². The first-order valence-electron chi connectivity index (χ1n) is 9.67. The van der Waals surface area contributed by atoms with Crippen LogP contribution in [-0.4, -0.2) is 24.8 Å². The lowest BCUT2D eigenvalue weighted by atomic mass is 10.2. The number of nitrogens with zero attached hydrogens (tertiary/aromatic N) is 1. The second-order valence-corrected chi connectivity index (χ2v) is 6.94. The van der Waals surface area contributed by atoms with Gasteiger partial charge in [0.2, 0.25) is 6.10 Å². The van der Waals surface area contributed by atoms with E-state index < -0.39 is 6.10 Å². The number of amides is 1. The lowest BCUT2D eigenvalue weighted by molar-refractivity contribution is -0.130. The molecule has 0 unspecified atom stereocenters. The molecule has 0 aromatic heterocycles. The summed E-state index contributed by atoms with van der Waals surface area (Å²) >= 11 is 0. The van der Waals surface area contributed by atoms with Crippen molar-refractivity contribution in [2.24, 2.45) is 5.10 Å². The maximum absolute atomic E-state index is 12.2. The van der Waals surface area contributed by atoms with Gasteiger partial charge in [-0.25, -0.2) is 5.43 Å². The van der Waals surface area contributed by atoms with E-state index in [1.165, 1.54) is 5.56 Å². The van der Waals surface area contributed by atoms with Crippen LogP contribution in [0.2, 0.25) is 0 Å². The van der Waals surface area contributed by atoms with Gasteiger partial charge in [-0.05, 0) is 54.4 Å². The number of fused-ring (bicyclic) bond motifs is 1. The van der Waals surface area contributed by atoms with E-state index in [1.54, 1.807) is 18.3 Å². The second kappa shape index (κ2) is 9.13. The number of ether oxygens (including phenoxy) is 3. The predicted octanol–water partition coefficient (Wildman–Crippen LogP) is 3.86. The van der Waals surface area contributed by atoms with Crippen LogP contribution in [0.3, 0.4) is 0 Å². The van der Waals surface area contributed by atoms with Crippen LogP contribution in [0.15, 0.2) is 77.9 Å². The first kappa shape index (κ1) is 19.5. The van der Waals surface area contributed by atoms with Crippen LogP contribution in [0, 0.1) is 6.92 Å². The predicted molar refractivity (Wildman–Crippen MR) is 114 cm³/mol. The molecule has 0 saturated heterocycles. The fourth-order valence-corrected chi connectivity index (χ4v) is 2.89. The summed E-state index contributed by atoms with van der Waals surface area (Å²) in [4.78, 5) is 12.2. The molecule has 4 rings (SSSR count). The van der Waals surface area contributed by atoms with E-state index in [2.05, 4.69) is 41.7 Å². The van der Waals surface area contributed by atoms with Crippen molar-refractivity contribution in [2.75, 3.05) is 6.61 Å². The number of hydrogen-bond acceptors (Lipinski definition) is 5. The zero-order chi connectivity index (χ0) is 20.8. The van der Waals surface area contributed by atoms with Crippen LogP contribution in [0.25, 0.3) is 0 Å². The van der Waals surface area contributed by atoms with E-state index >= 15 is 0 Å². The van der Waals surface area contributed by atoms with Crippen LogP contribution in [0.5, 0.6) is 17.2 Å². The summed E-state index contributed by atoms with van der Waals surface area (Å²) in [6.07, 6.45) is 0.828. The Morgan fingerprint density at radius 3 is 2.57 bits per heavy atom. The molecule has 1 amide bonds. The zero-order valence-corrected chi connectivity index (χ0v) is 16.6. The molecule has 0 radical (unpaired) electrons. The van der Waals surface area contributed by atoms with E-state index in [9.17, 15) is 4.79 Å². The van der Waals surface area contributed by atoms with Gasteiger partial charge in [0.15, 0.2) is 11.5 Å². The monoisotopic (exact) mass is 402 g/mol. The number of carbonyl (C=O) groups excluding carboxylic acids is 1. The van der Waals surface area contributed by atoms with E-state index in [4.69, 9.17) is 14.2 Å². The molecular weight excluding hydrogens is 380 g/mol. The number of aryl methyl sites for hydroxylation is 1. The Labute approximate surface area is 175 Å². The lowest BCUT2D eigenvalue weighted by Crippen LogP contribution is -2.42. The van der Waals surface area contributed by atoms with Gasteiger partial charge in [-0.1, -0.05) is 42.0 Å². The SMILES string of the molecule is Cc1ccc(COc2ccc(/C=N\NC(=O)[C@@H]3COc4ccccc4O3)cc2)cc1. The van der Waals surface area contributed by atoms with E-state index in [-0.39, 0.29) is 12.5 Å². The van der Waals surface area contributed by atoms with Gasteiger partial charge in [0.05, 0.1) is 6.21 Å². The highest BCUT2D eigenvalue weighted by Crippen LogP contribution is 2.30. The van der Waals surface area contributed by atoms with E-state index in [0.717, 1.165) is 16.9 Å². The minimum atomic E-state index is -0.741. The number of para-hydroxylation sites is 2. The summed E-state index contributed by atoms with van der Waals surface area (Å²) < 4.78 is 17.0. The minimum Gasteiger partial charge on any atom is -0.489 e. The van der Waals surface area contributed by atoms with Crippen LogP contribution >= 0.6 is 0 Å². The van der Waals surface area contributed by atoms with Crippen molar-refractivity contribution < 1.29 is 19.0 Å². The molecule has 1 atom stereocenters. The first-order valence-corrected chi connectivity index (χ1v) is 9.67. The Balaban J connectivity index is 1.26. The van der Waals surface area contributed by atoms with Crippen molar-refractivity contribution in [3.8, 4) is 17.2 Å². The molecule has 30 heavy (non-hydrogen) atoms. The van der Waals surface area contributed by atoms with Crippen LogP contribution in [0.4, 0.5) is 0 Å². The number of carbonyl (C=O) groups is 1. The molecule has 0 saturated carbocycles. The second-order valence-electron chi connectivity index (χ2n) is 6.94. The summed E-state index contributed by atoms with van der Waals surface area (Å²) in [5.41, 5.74) is 5.67. The number of hydrazone groups is 1. The molecule has 1 aliphatic heterocycles. The molecular formula is C24H22N2O4. The molecule has 0 aliphatic carbocycles. The van der Waals surface area contributed by atoms with Gasteiger partial charge in [-0.15, -0.1) is 0 Å². The summed E-state index contributed by atoms with van der Waals surface area (Å²) in [5.74, 6) is 1.59. The molecule has 0 spiro atoms. The average Bonchev–Trinajstić information content (AvgIpc) is 2.79. The highest BCUT2D eigenvalue weighted by atomic mass is 16.6. The normalized spacial score (nSPS) is 15.0. The maximum Gasteiger partial charge on any atom is 0.284 e. The van der Waals surface area contributed by atoms with Gasteiger partial charge >= 0.3 is 0 Å². The Morgan fingerprint density at radius 2 is 1.80 bits per heavy atom. The van der Waals surface area contributed by atoms with Gasteiger partial charge in [-0.3, -0.25) is 4.79 Å². The third-order valence-corrected chi connectivity index (χ3v) is 4.60. The van der Waals surface area contributed by atoms with E-state index in [1.807, 2.05) is 36.4 Å². The van der Waals surface area contributed by atoms with Gasteiger partial charge < -0.3 is 14.2 Å². The quantitative estimate of drug-likeness (QED) is 0.502. The Kier molecular flexibility index (Phi) is 5.94. The highest BCUT2D eigenvalue weighted by Gasteiger charge is 2.26. The molecule has 1 heterocycles. The van der Waals surface area contributed by atoms with Crippen LogP contribution in [0.1, 0.15) is 16.7 Å². The average molecular weight is 402 g/mol.